The van der Waals surface area contributed by atoms with Gasteiger partial charge in [0.05, 0.1) is 16.0 Å². The second kappa shape index (κ2) is 8.58. The number of benzene rings is 2. The highest BCUT2D eigenvalue weighted by Crippen LogP contribution is 2.35. The molecule has 2 heterocycles. The Morgan fingerprint density at radius 1 is 1.10 bits per heavy atom. The Labute approximate surface area is 181 Å². The summed E-state index contributed by atoms with van der Waals surface area (Å²) in [5, 5.41) is 3.00. The number of alkyl halides is 3. The van der Waals surface area contributed by atoms with Crippen molar-refractivity contribution in [3.63, 3.8) is 0 Å². The van der Waals surface area contributed by atoms with E-state index >= 15 is 0 Å². The predicted molar refractivity (Wildman–Crippen MR) is 117 cm³/mol. The highest BCUT2D eigenvalue weighted by Gasteiger charge is 2.30. The number of halogens is 3. The van der Waals surface area contributed by atoms with Crippen LogP contribution in [-0.2, 0) is 6.18 Å². The zero-order valence-corrected chi connectivity index (χ0v) is 17.4. The Hall–Kier alpha value is -3.07. The molecular formula is C22H21F3N4OS. The van der Waals surface area contributed by atoms with Crippen LogP contribution in [0.25, 0.3) is 10.4 Å². The van der Waals surface area contributed by atoms with Crippen LogP contribution in [0.1, 0.15) is 35.2 Å². The van der Waals surface area contributed by atoms with Crippen LogP contribution < -0.4 is 16.0 Å². The number of hydrogen-bond donors (Lipinski definition) is 2. The number of amides is 1. The monoisotopic (exact) mass is 446 g/mol. The zero-order valence-electron chi connectivity index (χ0n) is 16.6. The summed E-state index contributed by atoms with van der Waals surface area (Å²) in [5.41, 5.74) is 7.33. The molecule has 1 fully saturated rings. The van der Waals surface area contributed by atoms with Crippen molar-refractivity contribution in [1.82, 2.24) is 4.98 Å². The molecule has 5 nitrogen and oxygen atoms in total. The Morgan fingerprint density at radius 3 is 2.61 bits per heavy atom. The number of nitrogen functional groups attached to an aromatic ring is 1. The maximum absolute atomic E-state index is 13.0. The second-order valence-electron chi connectivity index (χ2n) is 7.38. The largest absolute Gasteiger partial charge is 0.416 e. The van der Waals surface area contributed by atoms with Crippen molar-refractivity contribution in [2.24, 2.45) is 0 Å². The Bertz CT molecular complexity index is 1090. The summed E-state index contributed by atoms with van der Waals surface area (Å²) in [6.07, 6.45) is 0.460. The van der Waals surface area contributed by atoms with Crippen LogP contribution in [0.4, 0.5) is 29.7 Å². The fourth-order valence-corrected chi connectivity index (χ4v) is 4.38. The van der Waals surface area contributed by atoms with Gasteiger partial charge in [-0.25, -0.2) is 4.98 Å². The van der Waals surface area contributed by atoms with E-state index in [1.165, 1.54) is 18.7 Å². The van der Waals surface area contributed by atoms with E-state index in [4.69, 9.17) is 5.73 Å². The number of piperidine rings is 1. The molecule has 1 aromatic heterocycles. The Balaban J connectivity index is 1.52. The minimum absolute atomic E-state index is 0.292. The van der Waals surface area contributed by atoms with Gasteiger partial charge in [0.15, 0.2) is 5.13 Å². The molecule has 0 aliphatic carbocycles. The lowest BCUT2D eigenvalue weighted by molar-refractivity contribution is -0.137. The molecule has 9 heteroatoms. The first kappa shape index (κ1) is 21.2. The van der Waals surface area contributed by atoms with Crippen LogP contribution in [0, 0.1) is 0 Å². The molecule has 31 heavy (non-hydrogen) atoms. The molecule has 0 radical (unpaired) electrons. The van der Waals surface area contributed by atoms with Crippen molar-refractivity contribution < 1.29 is 18.0 Å². The van der Waals surface area contributed by atoms with Crippen LogP contribution >= 0.6 is 11.3 Å². The SMILES string of the molecule is Nc1ccc(N2CCCCC2)cc1C(=O)Nc1ncc(-c2cccc(C(F)(F)F)c2)s1. The van der Waals surface area contributed by atoms with Gasteiger partial charge in [0.1, 0.15) is 0 Å². The normalized spacial score (nSPS) is 14.5. The maximum atomic E-state index is 13.0. The van der Waals surface area contributed by atoms with Gasteiger partial charge >= 0.3 is 6.18 Å². The smallest absolute Gasteiger partial charge is 0.398 e. The van der Waals surface area contributed by atoms with Crippen molar-refractivity contribution in [1.29, 1.82) is 0 Å². The lowest BCUT2D eigenvalue weighted by Crippen LogP contribution is -2.29. The standard InChI is InChI=1S/C22H21F3N4OS/c23-22(24,25)15-6-4-5-14(11-15)19-13-27-21(31-19)28-20(30)17-12-16(7-8-18(17)26)29-9-2-1-3-10-29/h4-8,11-13H,1-3,9-10,26H2,(H,27,28,30). The summed E-state index contributed by atoms with van der Waals surface area (Å²) in [4.78, 5) is 19.7. The summed E-state index contributed by atoms with van der Waals surface area (Å²) in [7, 11) is 0. The number of rotatable bonds is 4. The number of carbonyl (C=O) groups is 1. The zero-order chi connectivity index (χ0) is 22.0. The highest BCUT2D eigenvalue weighted by molar-refractivity contribution is 7.19. The van der Waals surface area contributed by atoms with Gasteiger partial charge in [-0.1, -0.05) is 23.5 Å². The van der Waals surface area contributed by atoms with Crippen molar-refractivity contribution in [3.05, 3.63) is 59.8 Å². The molecule has 0 atom stereocenters. The highest BCUT2D eigenvalue weighted by atomic mass is 32.1. The minimum Gasteiger partial charge on any atom is -0.398 e. The van der Waals surface area contributed by atoms with E-state index in [-0.39, 0.29) is 0 Å². The molecule has 3 aromatic rings. The van der Waals surface area contributed by atoms with Crippen LogP contribution in [0.15, 0.2) is 48.7 Å². The molecule has 0 bridgehead atoms. The van der Waals surface area contributed by atoms with Crippen molar-refractivity contribution in [2.75, 3.05) is 29.0 Å². The third-order valence-corrected chi connectivity index (χ3v) is 6.17. The van der Waals surface area contributed by atoms with E-state index in [0.29, 0.717) is 26.8 Å². The van der Waals surface area contributed by atoms with Crippen LogP contribution in [-0.4, -0.2) is 24.0 Å². The molecular weight excluding hydrogens is 425 g/mol. The van der Waals surface area contributed by atoms with E-state index < -0.39 is 17.6 Å². The first-order valence-electron chi connectivity index (χ1n) is 9.90. The van der Waals surface area contributed by atoms with Gasteiger partial charge in [0, 0.05) is 30.7 Å². The van der Waals surface area contributed by atoms with Crippen LogP contribution in [0.3, 0.4) is 0 Å². The number of nitrogens with one attached hydrogen (secondary N) is 1. The summed E-state index contributed by atoms with van der Waals surface area (Å²) in [5.74, 6) is -0.402. The van der Waals surface area contributed by atoms with E-state index in [9.17, 15) is 18.0 Å². The molecule has 162 valence electrons. The number of carbonyl (C=O) groups excluding carboxylic acids is 1. The van der Waals surface area contributed by atoms with Gasteiger partial charge in [0.2, 0.25) is 0 Å². The van der Waals surface area contributed by atoms with Gasteiger partial charge in [0.25, 0.3) is 5.91 Å². The quantitative estimate of drug-likeness (QED) is 0.508. The molecule has 4 rings (SSSR count). The van der Waals surface area contributed by atoms with E-state index in [0.717, 1.165) is 55.1 Å². The summed E-state index contributed by atoms with van der Waals surface area (Å²) in [6.45, 7) is 1.88. The first-order valence-corrected chi connectivity index (χ1v) is 10.7. The number of anilines is 3. The molecule has 2 aromatic carbocycles. The van der Waals surface area contributed by atoms with Gasteiger partial charge in [-0.15, -0.1) is 0 Å². The lowest BCUT2D eigenvalue weighted by Gasteiger charge is -2.29. The maximum Gasteiger partial charge on any atom is 0.416 e. The van der Waals surface area contributed by atoms with Crippen LogP contribution in [0.2, 0.25) is 0 Å². The molecule has 1 aliphatic heterocycles. The van der Waals surface area contributed by atoms with E-state index in [1.54, 1.807) is 18.2 Å². The molecule has 1 amide bonds. The van der Waals surface area contributed by atoms with Crippen LogP contribution in [0.5, 0.6) is 0 Å². The molecule has 0 saturated carbocycles. The summed E-state index contributed by atoms with van der Waals surface area (Å²) in [6, 6.07) is 10.4. The average Bonchev–Trinajstić information content (AvgIpc) is 3.22. The van der Waals surface area contributed by atoms with Crippen molar-refractivity contribution >= 4 is 33.8 Å². The van der Waals surface area contributed by atoms with Gasteiger partial charge in [-0.3, -0.25) is 10.1 Å². The number of nitrogens with two attached hydrogens (primary N) is 1. The first-order chi connectivity index (χ1) is 14.8. The average molecular weight is 446 g/mol. The second-order valence-corrected chi connectivity index (χ2v) is 8.41. The molecule has 0 spiro atoms. The fourth-order valence-electron chi connectivity index (χ4n) is 3.57. The lowest BCUT2D eigenvalue weighted by atomic mass is 10.1. The molecule has 3 N–H and O–H groups in total. The third kappa shape index (κ3) is 4.82. The van der Waals surface area contributed by atoms with Crippen molar-refractivity contribution in [3.8, 4) is 10.4 Å². The Morgan fingerprint density at radius 2 is 1.87 bits per heavy atom. The third-order valence-electron chi connectivity index (χ3n) is 5.20. The number of hydrogen-bond acceptors (Lipinski definition) is 5. The summed E-state index contributed by atoms with van der Waals surface area (Å²) >= 11 is 1.10. The van der Waals surface area contributed by atoms with E-state index in [2.05, 4.69) is 15.2 Å². The summed E-state index contributed by atoms with van der Waals surface area (Å²) < 4.78 is 38.9. The van der Waals surface area contributed by atoms with Gasteiger partial charge < -0.3 is 10.6 Å². The molecule has 1 aliphatic rings. The number of nitrogens with zero attached hydrogens (tertiary/aromatic N) is 2. The predicted octanol–water partition coefficient (Wildman–Crippen LogP) is 5.65. The minimum atomic E-state index is -4.42. The fraction of sp³-hybridized carbons (Fsp3) is 0.273. The topological polar surface area (TPSA) is 71.2 Å². The molecule has 0 unspecified atom stereocenters. The number of aromatic nitrogens is 1. The number of thiazole rings is 1. The molecule has 1 saturated heterocycles. The van der Waals surface area contributed by atoms with E-state index in [1.807, 2.05) is 6.07 Å². The Kier molecular flexibility index (Phi) is 5.86. The van der Waals surface area contributed by atoms with Crippen molar-refractivity contribution in [2.45, 2.75) is 25.4 Å². The van der Waals surface area contributed by atoms with Gasteiger partial charge in [-0.2, -0.15) is 13.2 Å². The van der Waals surface area contributed by atoms with Gasteiger partial charge in [-0.05, 0) is 55.2 Å².